The highest BCUT2D eigenvalue weighted by Crippen LogP contribution is 2.56. The maximum atomic E-state index is 14.1. The maximum absolute atomic E-state index is 14.1. The average molecular weight is 607 g/mol. The lowest BCUT2D eigenvalue weighted by molar-refractivity contribution is -0.169. The number of hydrogen-bond acceptors (Lipinski definition) is 11. The molecule has 44 heavy (non-hydrogen) atoms. The third kappa shape index (κ3) is 4.39. The van der Waals surface area contributed by atoms with E-state index in [4.69, 9.17) is 11.5 Å². The molecule has 2 unspecified atom stereocenters. The zero-order valence-electron chi connectivity index (χ0n) is 24.2. The number of carbonyl (C=O) groups excluding carboxylic acids is 4. The van der Waals surface area contributed by atoms with Gasteiger partial charge in [-0.1, -0.05) is 43.3 Å². The van der Waals surface area contributed by atoms with Crippen LogP contribution in [0.15, 0.2) is 59.4 Å². The molecular formula is C31H34N4O9. The second-order valence-electron chi connectivity index (χ2n) is 11.8. The fourth-order valence-corrected chi connectivity index (χ4v) is 6.90. The molecule has 5 rings (SSSR count). The van der Waals surface area contributed by atoms with E-state index in [-0.39, 0.29) is 17.7 Å². The van der Waals surface area contributed by atoms with Crippen molar-refractivity contribution in [2.24, 2.45) is 23.3 Å². The molecule has 3 aliphatic rings. The van der Waals surface area contributed by atoms with E-state index in [1.807, 2.05) is 18.2 Å². The van der Waals surface area contributed by atoms with Crippen molar-refractivity contribution < 1.29 is 44.7 Å². The first kappa shape index (κ1) is 30.9. The van der Waals surface area contributed by atoms with Gasteiger partial charge in [-0.2, -0.15) is 0 Å². The lowest BCUT2D eigenvalue weighted by atomic mass is 9.54. The Kier molecular flexibility index (Phi) is 7.62. The highest BCUT2D eigenvalue weighted by atomic mass is 16.4. The third-order valence-corrected chi connectivity index (χ3v) is 9.02. The van der Waals surface area contributed by atoms with Crippen molar-refractivity contribution in [3.05, 3.63) is 76.1 Å². The molecule has 0 saturated heterocycles. The highest BCUT2D eigenvalue weighted by molar-refractivity contribution is 6.24. The minimum absolute atomic E-state index is 0.120. The normalized spacial score (nSPS) is 28.8. The van der Waals surface area contributed by atoms with Crippen LogP contribution in [-0.2, 0) is 25.6 Å². The van der Waals surface area contributed by atoms with Crippen molar-refractivity contribution in [2.75, 3.05) is 19.4 Å². The van der Waals surface area contributed by atoms with Crippen LogP contribution in [0.4, 0.5) is 5.69 Å². The molecule has 1 fully saturated rings. The second kappa shape index (κ2) is 10.9. The Balaban J connectivity index is 1.60. The summed E-state index contributed by atoms with van der Waals surface area (Å²) in [6.45, 7) is 1.62. The van der Waals surface area contributed by atoms with Crippen molar-refractivity contribution >= 4 is 34.8 Å². The predicted molar refractivity (Wildman–Crippen MR) is 157 cm³/mol. The summed E-state index contributed by atoms with van der Waals surface area (Å²) in [5, 5.41) is 59.7. The van der Waals surface area contributed by atoms with E-state index >= 15 is 0 Å². The number of phenolic OH excluding ortho intramolecular Hbond substituents is 1. The first-order chi connectivity index (χ1) is 20.6. The predicted octanol–water partition coefficient (Wildman–Crippen LogP) is 0.00430. The van der Waals surface area contributed by atoms with Crippen LogP contribution in [-0.4, -0.2) is 91.7 Å². The largest absolute Gasteiger partial charge is 0.508 e. The molecule has 2 aromatic rings. The number of nitrogens with zero attached hydrogens (tertiary/aromatic N) is 1. The molecule has 0 aromatic heterocycles. The maximum Gasteiger partial charge on any atom is 0.255 e. The van der Waals surface area contributed by atoms with Gasteiger partial charge in [0.25, 0.3) is 5.91 Å². The summed E-state index contributed by atoms with van der Waals surface area (Å²) in [4.78, 5) is 53.7. The third-order valence-electron chi connectivity index (χ3n) is 9.02. The van der Waals surface area contributed by atoms with Gasteiger partial charge in [0, 0.05) is 11.5 Å². The Labute approximate surface area is 252 Å². The van der Waals surface area contributed by atoms with Crippen molar-refractivity contribution in [3.8, 4) is 5.75 Å². The van der Waals surface area contributed by atoms with Crippen LogP contribution in [0.2, 0.25) is 0 Å². The number of aliphatic hydroxyl groups is 4. The first-order valence-corrected chi connectivity index (χ1v) is 13.9. The van der Waals surface area contributed by atoms with Crippen LogP contribution < -0.4 is 16.8 Å². The SMILES string of the molecule is C[C@H]1c2ccc(NC(=O)[C@H](N)Cc3ccccc3)c(O)c2C(O)=C2C(=O)[C@]3(O)C(O)=C(C(N)=O)C(=O)[C@@H](N(C)C)C3[C@@H](O)C21. The van der Waals surface area contributed by atoms with Crippen LogP contribution in [0.25, 0.3) is 5.76 Å². The summed E-state index contributed by atoms with van der Waals surface area (Å²) >= 11 is 0. The van der Waals surface area contributed by atoms with Gasteiger partial charge in [0.05, 0.1) is 35.4 Å². The van der Waals surface area contributed by atoms with Crippen LogP contribution >= 0.6 is 0 Å². The zero-order valence-corrected chi connectivity index (χ0v) is 24.2. The number of aliphatic hydroxyl groups excluding tert-OH is 3. The number of fused-ring (bicyclic) bond motifs is 3. The van der Waals surface area contributed by atoms with Gasteiger partial charge < -0.3 is 42.3 Å². The minimum atomic E-state index is -3.02. The Bertz CT molecular complexity index is 1650. The molecule has 10 N–H and O–H groups in total. The number of aromatic hydroxyl groups is 1. The first-order valence-electron chi connectivity index (χ1n) is 13.9. The molecule has 0 aliphatic heterocycles. The van der Waals surface area contributed by atoms with Crippen molar-refractivity contribution in [3.63, 3.8) is 0 Å². The number of hydrogen-bond donors (Lipinski definition) is 8. The summed E-state index contributed by atoms with van der Waals surface area (Å²) < 4.78 is 0. The van der Waals surface area contributed by atoms with Crippen LogP contribution in [0.5, 0.6) is 5.75 Å². The smallest absolute Gasteiger partial charge is 0.255 e. The monoisotopic (exact) mass is 606 g/mol. The molecule has 3 aliphatic carbocycles. The van der Waals surface area contributed by atoms with Crippen molar-refractivity contribution in [1.82, 2.24) is 4.90 Å². The second-order valence-corrected chi connectivity index (χ2v) is 11.8. The Hall–Kier alpha value is -4.56. The van der Waals surface area contributed by atoms with E-state index < -0.39 is 93.3 Å². The Morgan fingerprint density at radius 1 is 1.07 bits per heavy atom. The quantitative estimate of drug-likeness (QED) is 0.161. The lowest BCUT2D eigenvalue weighted by Gasteiger charge is -2.53. The number of phenols is 1. The van der Waals surface area contributed by atoms with Crippen LogP contribution in [0, 0.1) is 11.8 Å². The summed E-state index contributed by atoms with van der Waals surface area (Å²) in [5.41, 5.74) is 7.63. The molecule has 0 bridgehead atoms. The molecule has 1 saturated carbocycles. The van der Waals surface area contributed by atoms with Crippen molar-refractivity contribution in [1.29, 1.82) is 0 Å². The summed E-state index contributed by atoms with van der Waals surface area (Å²) in [6, 6.07) is 9.51. The molecular weight excluding hydrogens is 572 g/mol. The summed E-state index contributed by atoms with van der Waals surface area (Å²) in [5.74, 6) is -10.6. The van der Waals surface area contributed by atoms with Gasteiger partial charge in [0.15, 0.2) is 11.4 Å². The lowest BCUT2D eigenvalue weighted by Crippen LogP contribution is -2.70. The zero-order chi connectivity index (χ0) is 32.4. The number of carbonyl (C=O) groups is 4. The molecule has 0 spiro atoms. The Morgan fingerprint density at radius 2 is 1.70 bits per heavy atom. The number of primary amides is 1. The number of amides is 2. The van der Waals surface area contributed by atoms with Crippen LogP contribution in [0.3, 0.4) is 0 Å². The fourth-order valence-electron chi connectivity index (χ4n) is 6.90. The number of benzene rings is 2. The van der Waals surface area contributed by atoms with Crippen molar-refractivity contribution in [2.45, 2.75) is 43.1 Å². The van der Waals surface area contributed by atoms with Crippen LogP contribution in [0.1, 0.15) is 29.5 Å². The Morgan fingerprint density at radius 3 is 2.30 bits per heavy atom. The summed E-state index contributed by atoms with van der Waals surface area (Å²) in [6.07, 6.45) is -1.50. The van der Waals surface area contributed by atoms with Gasteiger partial charge in [0.2, 0.25) is 11.7 Å². The molecule has 13 nitrogen and oxygen atoms in total. The number of ketones is 2. The highest BCUT2D eigenvalue weighted by Gasteiger charge is 2.68. The van der Waals surface area contributed by atoms with E-state index in [1.165, 1.54) is 31.1 Å². The van der Waals surface area contributed by atoms with E-state index in [0.717, 1.165) is 5.56 Å². The molecule has 232 valence electrons. The molecule has 7 atom stereocenters. The molecule has 13 heteroatoms. The molecule has 0 heterocycles. The number of likely N-dealkylation sites (N-methyl/N-ethyl adjacent to an activating group) is 1. The van der Waals surface area contributed by atoms with Gasteiger partial charge in [-0.25, -0.2) is 0 Å². The standard InChI is InChI=1S/C31H34N4O9/c1-12-14-9-10-16(34-30(43)15(32)11-13-7-5-4-6-8-13)23(36)18(14)24(37)19-17(12)25(38)21-22(35(2)3)26(39)20(29(33)42)28(41)31(21,44)27(19)40/h4-10,12,15,17,21-22,25,36-38,41,44H,11,32H2,1-3H3,(H2,33,42)(H,34,43)/t12-,15+,17?,21?,22-,25-,31-/m0/s1. The van der Waals surface area contributed by atoms with Gasteiger partial charge in [-0.05, 0) is 43.6 Å². The number of anilines is 1. The minimum Gasteiger partial charge on any atom is -0.508 e. The topological polar surface area (TPSA) is 237 Å². The number of nitrogens with one attached hydrogen (secondary N) is 1. The summed E-state index contributed by atoms with van der Waals surface area (Å²) in [7, 11) is 2.87. The van der Waals surface area contributed by atoms with Gasteiger partial charge in [-0.3, -0.25) is 24.1 Å². The molecule has 2 aromatic carbocycles. The van der Waals surface area contributed by atoms with E-state index in [2.05, 4.69) is 5.32 Å². The average Bonchev–Trinajstić information content (AvgIpc) is 2.96. The molecule has 0 radical (unpaired) electrons. The van der Waals surface area contributed by atoms with Gasteiger partial charge in [0.1, 0.15) is 22.8 Å². The molecule has 2 amide bonds. The number of Topliss-reactive ketones (excluding diaryl/α,β-unsaturated/α-hetero) is 2. The number of rotatable bonds is 6. The van der Waals surface area contributed by atoms with Gasteiger partial charge in [-0.15, -0.1) is 0 Å². The van der Waals surface area contributed by atoms with E-state index in [0.29, 0.717) is 5.56 Å². The number of nitrogens with two attached hydrogens (primary N) is 2. The fraction of sp³-hybridized carbons (Fsp3) is 0.355. The van der Waals surface area contributed by atoms with Gasteiger partial charge >= 0.3 is 0 Å². The van der Waals surface area contributed by atoms with E-state index in [9.17, 15) is 44.7 Å². The van der Waals surface area contributed by atoms with E-state index in [1.54, 1.807) is 19.1 Å².